The summed E-state index contributed by atoms with van der Waals surface area (Å²) in [4.78, 5) is 3.45. The first-order chi connectivity index (χ1) is 12.7. The number of hydrogen-bond acceptors (Lipinski definition) is 3. The largest absolute Gasteiger partial charge is 0.328 e. The van der Waals surface area contributed by atoms with Crippen molar-refractivity contribution in [1.29, 1.82) is 0 Å². The van der Waals surface area contributed by atoms with E-state index >= 15 is 0 Å². The summed E-state index contributed by atoms with van der Waals surface area (Å²) in [6.45, 7) is 17.6. The predicted octanol–water partition coefficient (Wildman–Crippen LogP) is 6.60. The minimum atomic E-state index is -0.901. The molecule has 0 heterocycles. The second-order valence-corrected chi connectivity index (χ2v) is 6.89. The molecule has 0 aromatic carbocycles. The zero-order chi connectivity index (χ0) is 19.5. The second-order valence-electron chi connectivity index (χ2n) is 6.89. The molecule has 0 radical (unpaired) electrons. The van der Waals surface area contributed by atoms with E-state index in [-0.39, 0.29) is 5.92 Å². The van der Waals surface area contributed by atoms with E-state index in [0.717, 1.165) is 32.1 Å². The van der Waals surface area contributed by atoms with Crippen molar-refractivity contribution in [2.24, 2.45) is 5.92 Å². The number of nitrogens with zero attached hydrogens (tertiary/aromatic N) is 1. The van der Waals surface area contributed by atoms with Gasteiger partial charge >= 0.3 is 0 Å². The summed E-state index contributed by atoms with van der Waals surface area (Å²) < 4.78 is 18.2. The lowest BCUT2D eigenvalue weighted by atomic mass is 9.91. The first-order valence-electron chi connectivity index (χ1n) is 11.0. The van der Waals surface area contributed by atoms with Crippen LogP contribution in [0.3, 0.4) is 0 Å². The number of rotatable bonds is 19. The summed E-state index contributed by atoms with van der Waals surface area (Å²) in [6, 6.07) is 0. The van der Waals surface area contributed by atoms with Gasteiger partial charge in [-0.15, -0.1) is 0 Å². The van der Waals surface area contributed by atoms with Crippen LogP contribution in [0.1, 0.15) is 98.3 Å². The van der Waals surface area contributed by atoms with E-state index in [1.54, 1.807) is 0 Å². The third kappa shape index (κ3) is 11.2. The fourth-order valence-corrected chi connectivity index (χ4v) is 3.51. The van der Waals surface area contributed by atoms with Gasteiger partial charge in [-0.05, 0) is 40.0 Å². The van der Waals surface area contributed by atoms with Crippen LogP contribution in [0.25, 0.3) is 4.85 Å². The average Bonchev–Trinajstić information content (AvgIpc) is 2.63. The summed E-state index contributed by atoms with van der Waals surface area (Å²) in [5.74, 6) is -0.650. The van der Waals surface area contributed by atoms with Gasteiger partial charge in [0, 0.05) is 32.2 Å². The van der Waals surface area contributed by atoms with Crippen molar-refractivity contribution in [3.63, 3.8) is 0 Å². The summed E-state index contributed by atoms with van der Waals surface area (Å²) in [6.07, 6.45) is 13.0. The molecule has 0 saturated carbocycles. The van der Waals surface area contributed by atoms with Crippen LogP contribution in [0.15, 0.2) is 0 Å². The number of hydrogen-bond donors (Lipinski definition) is 0. The fraction of sp³-hybridized carbons (Fsp3) is 0.955. The standard InChI is InChI=1S/C22H43NO3/c1-6-10-11-12-13-15-18-21(19-16-14-17-20-23-5)22(24-7-2,25-8-3)26-9-4/h21H,6-20H2,1-4H3. The Morgan fingerprint density at radius 2 is 1.15 bits per heavy atom. The lowest BCUT2D eigenvalue weighted by Crippen LogP contribution is -2.46. The maximum atomic E-state index is 6.91. The highest BCUT2D eigenvalue weighted by molar-refractivity contribution is 4.73. The van der Waals surface area contributed by atoms with Crippen molar-refractivity contribution in [3.05, 3.63) is 11.4 Å². The zero-order valence-electron chi connectivity index (χ0n) is 17.9. The minimum absolute atomic E-state index is 0.251. The first kappa shape index (κ1) is 25.4. The van der Waals surface area contributed by atoms with Crippen molar-refractivity contribution in [2.75, 3.05) is 26.4 Å². The molecule has 0 N–H and O–H groups in total. The molecule has 4 heteroatoms. The molecule has 1 atom stereocenters. The molecule has 0 amide bonds. The smallest absolute Gasteiger partial charge is 0.285 e. The number of ether oxygens (including phenoxy) is 3. The first-order valence-corrected chi connectivity index (χ1v) is 11.0. The van der Waals surface area contributed by atoms with Crippen molar-refractivity contribution in [3.8, 4) is 0 Å². The summed E-state index contributed by atoms with van der Waals surface area (Å²) in [5.41, 5.74) is 0. The Balaban J connectivity index is 4.77. The molecule has 0 aliphatic rings. The van der Waals surface area contributed by atoms with Gasteiger partial charge < -0.3 is 19.1 Å². The Kier molecular flexibility index (Phi) is 17.3. The molecule has 0 aliphatic carbocycles. The van der Waals surface area contributed by atoms with E-state index in [4.69, 9.17) is 20.8 Å². The highest BCUT2D eigenvalue weighted by Gasteiger charge is 2.41. The topological polar surface area (TPSA) is 32.0 Å². The molecule has 0 aromatic heterocycles. The van der Waals surface area contributed by atoms with Gasteiger partial charge in [-0.1, -0.05) is 51.9 Å². The van der Waals surface area contributed by atoms with E-state index in [0.29, 0.717) is 26.4 Å². The quantitative estimate of drug-likeness (QED) is 0.146. The van der Waals surface area contributed by atoms with E-state index < -0.39 is 5.97 Å². The molecule has 0 aromatic rings. The van der Waals surface area contributed by atoms with Crippen molar-refractivity contribution in [1.82, 2.24) is 0 Å². The van der Waals surface area contributed by atoms with E-state index in [2.05, 4.69) is 11.8 Å². The van der Waals surface area contributed by atoms with Gasteiger partial charge in [0.05, 0.1) is 0 Å². The lowest BCUT2D eigenvalue weighted by Gasteiger charge is -2.39. The van der Waals surface area contributed by atoms with Crippen LogP contribution < -0.4 is 0 Å². The van der Waals surface area contributed by atoms with Crippen LogP contribution in [-0.4, -0.2) is 32.3 Å². The molecule has 0 spiro atoms. The van der Waals surface area contributed by atoms with Crippen molar-refractivity contribution in [2.45, 2.75) is 104 Å². The normalized spacial score (nSPS) is 12.9. The van der Waals surface area contributed by atoms with Gasteiger partial charge in [-0.2, -0.15) is 0 Å². The Morgan fingerprint density at radius 3 is 1.62 bits per heavy atom. The number of unbranched alkanes of at least 4 members (excludes halogenated alkanes) is 7. The summed E-state index contributed by atoms with van der Waals surface area (Å²) >= 11 is 0. The van der Waals surface area contributed by atoms with Crippen LogP contribution >= 0.6 is 0 Å². The van der Waals surface area contributed by atoms with E-state index in [1.807, 2.05) is 20.8 Å². The molecule has 0 saturated heterocycles. The minimum Gasteiger partial charge on any atom is -0.328 e. The molecule has 0 rings (SSSR count). The van der Waals surface area contributed by atoms with Gasteiger partial charge in [0.1, 0.15) is 0 Å². The third-order valence-corrected chi connectivity index (χ3v) is 4.77. The maximum Gasteiger partial charge on any atom is 0.285 e. The SMILES string of the molecule is [C-]#[N+]CCCCCC(CCCCCCCC)C(OCC)(OCC)OCC. The average molecular weight is 370 g/mol. The van der Waals surface area contributed by atoms with Crippen molar-refractivity contribution >= 4 is 0 Å². The van der Waals surface area contributed by atoms with Crippen LogP contribution in [0.5, 0.6) is 0 Å². The lowest BCUT2D eigenvalue weighted by molar-refractivity contribution is -0.403. The molecule has 154 valence electrons. The highest BCUT2D eigenvalue weighted by Crippen LogP contribution is 2.34. The highest BCUT2D eigenvalue weighted by atomic mass is 16.9. The molecular weight excluding hydrogens is 326 g/mol. The van der Waals surface area contributed by atoms with Gasteiger partial charge in [0.15, 0.2) is 0 Å². The molecule has 0 fully saturated rings. The molecular formula is C22H43NO3. The van der Waals surface area contributed by atoms with E-state index in [9.17, 15) is 0 Å². The summed E-state index contributed by atoms with van der Waals surface area (Å²) in [5, 5.41) is 0. The molecule has 4 nitrogen and oxygen atoms in total. The van der Waals surface area contributed by atoms with Gasteiger partial charge in [-0.3, -0.25) is 0 Å². The Morgan fingerprint density at radius 1 is 0.692 bits per heavy atom. The molecule has 0 aliphatic heterocycles. The van der Waals surface area contributed by atoms with Gasteiger partial charge in [0.2, 0.25) is 6.54 Å². The molecule has 26 heavy (non-hydrogen) atoms. The van der Waals surface area contributed by atoms with Crippen LogP contribution in [0, 0.1) is 12.5 Å². The molecule has 0 bridgehead atoms. The maximum absolute atomic E-state index is 6.91. The third-order valence-electron chi connectivity index (χ3n) is 4.77. The zero-order valence-corrected chi connectivity index (χ0v) is 17.9. The van der Waals surface area contributed by atoms with E-state index in [1.165, 1.54) is 38.5 Å². The second kappa shape index (κ2) is 17.8. The Bertz CT molecular complexity index is 324. The summed E-state index contributed by atoms with van der Waals surface area (Å²) in [7, 11) is 0. The predicted molar refractivity (Wildman–Crippen MR) is 109 cm³/mol. The molecule has 1 unspecified atom stereocenters. The van der Waals surface area contributed by atoms with Crippen LogP contribution in [0.4, 0.5) is 0 Å². The fourth-order valence-electron chi connectivity index (χ4n) is 3.51. The van der Waals surface area contributed by atoms with Gasteiger partial charge in [-0.25, -0.2) is 6.57 Å². The van der Waals surface area contributed by atoms with Crippen LogP contribution in [0.2, 0.25) is 0 Å². The van der Waals surface area contributed by atoms with Crippen LogP contribution in [-0.2, 0) is 14.2 Å². The monoisotopic (exact) mass is 369 g/mol. The Labute approximate surface area is 162 Å². The Hall–Kier alpha value is -0.630. The van der Waals surface area contributed by atoms with Gasteiger partial charge in [0.25, 0.3) is 5.97 Å². The van der Waals surface area contributed by atoms with Crippen molar-refractivity contribution < 1.29 is 14.2 Å².